The third-order valence-corrected chi connectivity index (χ3v) is 4.35. The van der Waals surface area contributed by atoms with Crippen molar-refractivity contribution in [2.75, 3.05) is 18.6 Å². The zero-order chi connectivity index (χ0) is 14.6. The van der Waals surface area contributed by atoms with E-state index in [4.69, 9.17) is 10.8 Å². The molecule has 0 aliphatic carbocycles. The summed E-state index contributed by atoms with van der Waals surface area (Å²) >= 11 is 1.62. The fourth-order valence-electron chi connectivity index (χ4n) is 1.36. The first-order chi connectivity index (χ1) is 7.96. The van der Waals surface area contributed by atoms with Crippen LogP contribution in [0.2, 0.25) is 0 Å². The Bertz CT molecular complexity index is 425. The lowest BCUT2D eigenvalue weighted by Gasteiger charge is -2.23. The second kappa shape index (κ2) is 6.39. The summed E-state index contributed by atoms with van der Waals surface area (Å²) in [5.41, 5.74) is 3.48. The summed E-state index contributed by atoms with van der Waals surface area (Å²) < 4.78 is 21.8. The molecule has 0 aromatic rings. The summed E-state index contributed by atoms with van der Waals surface area (Å²) in [6.07, 6.45) is 0.782. The van der Waals surface area contributed by atoms with Gasteiger partial charge in [-0.15, -0.1) is 0 Å². The van der Waals surface area contributed by atoms with Crippen molar-refractivity contribution in [2.45, 2.75) is 24.7 Å². The SMILES string of the molecule is CC(C)(O)C(C(=O)O)S(C)(=O)=O.NC1=NCCS1. The number of aliphatic hydroxyl groups is 1. The molecule has 106 valence electrons. The topological polar surface area (TPSA) is 130 Å². The first-order valence-corrected chi connectivity index (χ1v) is 7.97. The molecule has 1 atom stereocenters. The van der Waals surface area contributed by atoms with Crippen LogP contribution < -0.4 is 5.73 Å². The Morgan fingerprint density at radius 3 is 2.11 bits per heavy atom. The average Bonchev–Trinajstić information content (AvgIpc) is 2.49. The van der Waals surface area contributed by atoms with Gasteiger partial charge in [-0.3, -0.25) is 9.79 Å². The van der Waals surface area contributed by atoms with E-state index in [1.165, 1.54) is 0 Å². The van der Waals surface area contributed by atoms with Gasteiger partial charge in [-0.2, -0.15) is 0 Å². The van der Waals surface area contributed by atoms with Crippen LogP contribution in [0.15, 0.2) is 4.99 Å². The Balaban J connectivity index is 0.000000397. The van der Waals surface area contributed by atoms with Gasteiger partial charge in [0.15, 0.2) is 20.3 Å². The molecule has 1 aliphatic rings. The standard InChI is InChI=1S/C6H12O5S.C3H6N2S/c1-6(2,9)4(5(7)8)12(3,10)11;4-3-5-1-2-6-3/h4,9H,1-3H3,(H,7,8);1-2H2,(H2,4,5). The van der Waals surface area contributed by atoms with E-state index < -0.39 is 26.7 Å². The highest BCUT2D eigenvalue weighted by atomic mass is 32.2. The quantitative estimate of drug-likeness (QED) is 0.628. The molecule has 1 heterocycles. The van der Waals surface area contributed by atoms with Crippen molar-refractivity contribution in [3.8, 4) is 0 Å². The molecule has 1 aliphatic heterocycles. The number of nitrogens with two attached hydrogens (primary N) is 1. The molecule has 9 heteroatoms. The summed E-state index contributed by atoms with van der Waals surface area (Å²) in [4.78, 5) is 14.3. The Morgan fingerprint density at radius 2 is 2.06 bits per heavy atom. The molecule has 0 aromatic carbocycles. The number of carboxylic acids is 1. The predicted octanol–water partition coefficient (Wildman–Crippen LogP) is -0.697. The molecular formula is C9H18N2O5S2. The van der Waals surface area contributed by atoms with E-state index in [0.717, 1.165) is 37.6 Å². The predicted molar refractivity (Wildman–Crippen MR) is 71.5 cm³/mol. The second-order valence-corrected chi connectivity index (χ2v) is 7.52. The van der Waals surface area contributed by atoms with Gasteiger partial charge in [-0.1, -0.05) is 11.8 Å². The van der Waals surface area contributed by atoms with Crippen LogP contribution in [0, 0.1) is 0 Å². The lowest BCUT2D eigenvalue weighted by atomic mass is 10.1. The van der Waals surface area contributed by atoms with Crippen LogP contribution in [-0.2, 0) is 14.6 Å². The van der Waals surface area contributed by atoms with Gasteiger partial charge < -0.3 is 15.9 Å². The number of amidine groups is 1. The maximum absolute atomic E-state index is 10.9. The lowest BCUT2D eigenvalue weighted by Crippen LogP contribution is -2.47. The van der Waals surface area contributed by atoms with Gasteiger partial charge in [-0.25, -0.2) is 8.42 Å². The highest BCUT2D eigenvalue weighted by Crippen LogP contribution is 2.16. The van der Waals surface area contributed by atoms with Gasteiger partial charge in [0.1, 0.15) is 0 Å². The third kappa shape index (κ3) is 6.22. The fourth-order valence-corrected chi connectivity index (χ4v) is 3.35. The van der Waals surface area contributed by atoms with Crippen LogP contribution in [0.3, 0.4) is 0 Å². The van der Waals surface area contributed by atoms with Gasteiger partial charge in [0.25, 0.3) is 0 Å². The number of nitrogens with zero attached hydrogens (tertiary/aromatic N) is 1. The van der Waals surface area contributed by atoms with Gasteiger partial charge >= 0.3 is 5.97 Å². The number of hydrogen-bond acceptors (Lipinski definition) is 7. The van der Waals surface area contributed by atoms with Crippen molar-refractivity contribution in [1.29, 1.82) is 0 Å². The molecule has 0 aromatic heterocycles. The molecular weight excluding hydrogens is 280 g/mol. The number of sulfone groups is 1. The third-order valence-electron chi connectivity index (χ3n) is 1.90. The molecule has 0 spiro atoms. The van der Waals surface area contributed by atoms with Crippen LogP contribution in [0.1, 0.15) is 13.8 Å². The maximum atomic E-state index is 10.9. The summed E-state index contributed by atoms with van der Waals surface area (Å²) in [5.74, 6) is -0.462. The van der Waals surface area contributed by atoms with Crippen molar-refractivity contribution in [1.82, 2.24) is 0 Å². The number of carboxylic acid groups (broad SMARTS) is 1. The minimum Gasteiger partial charge on any atom is -0.480 e. The Hall–Kier alpha value is -0.800. The maximum Gasteiger partial charge on any atom is 0.324 e. The fraction of sp³-hybridized carbons (Fsp3) is 0.778. The zero-order valence-corrected chi connectivity index (χ0v) is 12.1. The first-order valence-electron chi connectivity index (χ1n) is 5.03. The van der Waals surface area contributed by atoms with Crippen molar-refractivity contribution in [2.24, 2.45) is 10.7 Å². The summed E-state index contributed by atoms with van der Waals surface area (Å²) in [6, 6.07) is 0. The van der Waals surface area contributed by atoms with Gasteiger partial charge in [0.05, 0.1) is 12.1 Å². The second-order valence-electron chi connectivity index (χ2n) is 4.27. The number of carbonyl (C=O) groups is 1. The highest BCUT2D eigenvalue weighted by molar-refractivity contribution is 8.14. The number of hydrogen-bond donors (Lipinski definition) is 3. The van der Waals surface area contributed by atoms with Crippen molar-refractivity contribution in [3.63, 3.8) is 0 Å². The number of rotatable bonds is 3. The Labute approximate surface area is 110 Å². The minimum absolute atomic E-state index is 0.745. The van der Waals surface area contributed by atoms with E-state index in [-0.39, 0.29) is 0 Å². The molecule has 7 nitrogen and oxygen atoms in total. The van der Waals surface area contributed by atoms with Crippen molar-refractivity contribution < 1.29 is 23.4 Å². The molecule has 0 saturated carbocycles. The van der Waals surface area contributed by atoms with Crippen LogP contribution >= 0.6 is 11.8 Å². The van der Waals surface area contributed by atoms with E-state index in [1.54, 1.807) is 11.8 Å². The number of aliphatic imine (C=N–C) groups is 1. The van der Waals surface area contributed by atoms with E-state index in [0.29, 0.717) is 0 Å². The Kier molecular flexibility index (Phi) is 6.11. The van der Waals surface area contributed by atoms with Crippen LogP contribution in [0.5, 0.6) is 0 Å². The number of thioether (sulfide) groups is 1. The largest absolute Gasteiger partial charge is 0.480 e. The zero-order valence-electron chi connectivity index (χ0n) is 10.5. The molecule has 0 saturated heterocycles. The summed E-state index contributed by atoms with van der Waals surface area (Å²) in [5, 5.41) is 16.7. The van der Waals surface area contributed by atoms with Crippen LogP contribution in [-0.4, -0.2) is 59.2 Å². The molecule has 18 heavy (non-hydrogen) atoms. The summed E-state index contributed by atoms with van der Waals surface area (Å²) in [6.45, 7) is 3.20. The van der Waals surface area contributed by atoms with Crippen LogP contribution in [0.25, 0.3) is 0 Å². The molecule has 0 radical (unpaired) electrons. The highest BCUT2D eigenvalue weighted by Gasteiger charge is 2.41. The van der Waals surface area contributed by atoms with E-state index in [9.17, 15) is 18.3 Å². The van der Waals surface area contributed by atoms with E-state index in [1.807, 2.05) is 0 Å². The first kappa shape index (κ1) is 17.2. The average molecular weight is 298 g/mol. The molecule has 1 unspecified atom stereocenters. The molecule has 0 bridgehead atoms. The molecule has 0 amide bonds. The monoisotopic (exact) mass is 298 g/mol. The van der Waals surface area contributed by atoms with Crippen molar-refractivity contribution >= 4 is 32.7 Å². The lowest BCUT2D eigenvalue weighted by molar-refractivity contribution is -0.140. The normalized spacial score (nSPS) is 17.4. The minimum atomic E-state index is -3.77. The molecule has 0 fully saturated rings. The Morgan fingerprint density at radius 1 is 1.56 bits per heavy atom. The van der Waals surface area contributed by atoms with E-state index in [2.05, 4.69) is 4.99 Å². The van der Waals surface area contributed by atoms with Gasteiger partial charge in [0, 0.05) is 12.0 Å². The van der Waals surface area contributed by atoms with Gasteiger partial charge in [-0.05, 0) is 13.8 Å². The van der Waals surface area contributed by atoms with E-state index >= 15 is 0 Å². The summed E-state index contributed by atoms with van der Waals surface area (Å²) in [7, 11) is -3.77. The van der Waals surface area contributed by atoms with Crippen LogP contribution in [0.4, 0.5) is 0 Å². The van der Waals surface area contributed by atoms with Crippen molar-refractivity contribution in [3.05, 3.63) is 0 Å². The molecule has 1 rings (SSSR count). The number of aliphatic carboxylic acids is 1. The molecule has 4 N–H and O–H groups in total. The van der Waals surface area contributed by atoms with Gasteiger partial charge in [0.2, 0.25) is 0 Å². The smallest absolute Gasteiger partial charge is 0.324 e.